The number of nitrogens with zero attached hydrogens (tertiary/aromatic N) is 1. The van der Waals surface area contributed by atoms with E-state index in [-0.39, 0.29) is 0 Å². The second-order valence-corrected chi connectivity index (χ2v) is 3.30. The molecule has 0 radical (unpaired) electrons. The van der Waals surface area contributed by atoms with Gasteiger partial charge in [-0.1, -0.05) is 0 Å². The quantitative estimate of drug-likeness (QED) is 0.479. The Labute approximate surface area is 104 Å². The van der Waals surface area contributed by atoms with E-state index >= 15 is 0 Å². The van der Waals surface area contributed by atoms with Crippen LogP contribution in [0.1, 0.15) is 5.56 Å². The van der Waals surface area contributed by atoms with Crippen LogP contribution >= 0.6 is 0 Å². The van der Waals surface area contributed by atoms with Crippen molar-refractivity contribution in [1.82, 2.24) is 0 Å². The summed E-state index contributed by atoms with van der Waals surface area (Å²) in [6, 6.07) is 1.97. The summed E-state index contributed by atoms with van der Waals surface area (Å²) >= 11 is 0. The Bertz CT molecular complexity index is 500. The van der Waals surface area contributed by atoms with Crippen molar-refractivity contribution < 1.29 is 32.4 Å². The summed E-state index contributed by atoms with van der Waals surface area (Å²) in [4.78, 5) is 20.3. The number of carbonyl (C=O) groups excluding carboxylic acids is 1. The Kier molecular flexibility index (Phi) is 4.30. The van der Waals surface area contributed by atoms with E-state index in [2.05, 4.69) is 9.47 Å². The van der Waals surface area contributed by atoms with Gasteiger partial charge < -0.3 is 9.47 Å². The Morgan fingerprint density at radius 3 is 2.53 bits per heavy atom. The average Bonchev–Trinajstić information content (AvgIpc) is 2.34. The van der Waals surface area contributed by atoms with E-state index in [1.165, 1.54) is 0 Å². The van der Waals surface area contributed by atoms with Crippen LogP contribution in [0, 0.1) is 10.1 Å². The number of rotatable bonds is 4. The van der Waals surface area contributed by atoms with Gasteiger partial charge >= 0.3 is 12.1 Å². The highest BCUT2D eigenvalue weighted by Crippen LogP contribution is 2.38. The van der Waals surface area contributed by atoms with Crippen LogP contribution in [0.15, 0.2) is 18.2 Å². The molecule has 0 aliphatic heterocycles. The summed E-state index contributed by atoms with van der Waals surface area (Å²) in [7, 11) is 1.05. The number of halogens is 3. The molecule has 0 aliphatic carbocycles. The number of hydrogen-bond donors (Lipinski definition) is 0. The molecule has 1 aromatic rings. The third-order valence-corrected chi connectivity index (χ3v) is 2.05. The smallest absolute Gasteiger partial charge is 0.420 e. The zero-order chi connectivity index (χ0) is 14.6. The normalized spacial score (nSPS) is 10.9. The van der Waals surface area contributed by atoms with Crippen molar-refractivity contribution >= 4 is 11.7 Å². The molecule has 0 atom stereocenters. The number of methoxy groups -OCH3 is 1. The number of esters is 1. The number of carbonyl (C=O) groups is 1. The highest BCUT2D eigenvalue weighted by molar-refractivity contribution is 5.71. The van der Waals surface area contributed by atoms with Crippen LogP contribution in [-0.4, -0.2) is 24.6 Å². The molecular formula is C10H8F3NO5. The zero-order valence-electron chi connectivity index (χ0n) is 9.56. The lowest BCUT2D eigenvalue weighted by Gasteiger charge is -2.12. The van der Waals surface area contributed by atoms with Crippen LogP contribution in [0.25, 0.3) is 0 Å². The molecule has 6 nitrogen and oxygen atoms in total. The van der Waals surface area contributed by atoms with Crippen LogP contribution in [0.5, 0.6) is 5.75 Å². The summed E-state index contributed by atoms with van der Waals surface area (Å²) in [5.41, 5.74) is -2.05. The van der Waals surface area contributed by atoms with E-state index in [9.17, 15) is 28.1 Å². The van der Waals surface area contributed by atoms with Crippen LogP contribution in [0.2, 0.25) is 0 Å². The van der Waals surface area contributed by atoms with Gasteiger partial charge in [-0.15, -0.1) is 0 Å². The molecule has 0 saturated heterocycles. The fourth-order valence-corrected chi connectivity index (χ4v) is 1.17. The predicted molar refractivity (Wildman–Crippen MR) is 55.6 cm³/mol. The van der Waals surface area contributed by atoms with Gasteiger partial charge in [0.05, 0.1) is 12.0 Å². The monoisotopic (exact) mass is 279 g/mol. The molecule has 0 aromatic heterocycles. The summed E-state index contributed by atoms with van der Waals surface area (Å²) in [5.74, 6) is -1.55. The minimum Gasteiger partial charge on any atom is -0.481 e. The second kappa shape index (κ2) is 5.55. The fraction of sp³-hybridized carbons (Fsp3) is 0.300. The van der Waals surface area contributed by atoms with Gasteiger partial charge in [-0.3, -0.25) is 10.1 Å². The van der Waals surface area contributed by atoms with E-state index in [0.717, 1.165) is 19.2 Å². The van der Waals surface area contributed by atoms with Gasteiger partial charge in [-0.2, -0.15) is 13.2 Å². The molecule has 0 amide bonds. The first kappa shape index (κ1) is 14.7. The van der Waals surface area contributed by atoms with Gasteiger partial charge in [0.15, 0.2) is 6.61 Å². The molecule has 104 valence electrons. The summed E-state index contributed by atoms with van der Waals surface area (Å²) < 4.78 is 46.9. The van der Waals surface area contributed by atoms with Gasteiger partial charge in [-0.25, -0.2) is 4.79 Å². The molecule has 1 rings (SSSR count). The highest BCUT2D eigenvalue weighted by Gasteiger charge is 2.36. The number of nitro groups is 1. The summed E-state index contributed by atoms with van der Waals surface area (Å²) in [5, 5.41) is 10.4. The van der Waals surface area contributed by atoms with Gasteiger partial charge in [0.25, 0.3) is 5.69 Å². The molecule has 0 bridgehead atoms. The van der Waals surface area contributed by atoms with Crippen LogP contribution < -0.4 is 4.74 Å². The maximum atomic E-state index is 12.7. The number of non-ortho nitro benzene ring substituents is 1. The predicted octanol–water partition coefficient (Wildman–Crippen LogP) is 2.17. The zero-order valence-corrected chi connectivity index (χ0v) is 9.56. The van der Waals surface area contributed by atoms with Crippen molar-refractivity contribution in [2.45, 2.75) is 6.18 Å². The molecule has 0 saturated carbocycles. The molecule has 0 unspecified atom stereocenters. The molecule has 0 N–H and O–H groups in total. The number of ether oxygens (including phenoxy) is 2. The van der Waals surface area contributed by atoms with E-state index < -0.39 is 40.7 Å². The Morgan fingerprint density at radius 1 is 1.42 bits per heavy atom. The Hall–Kier alpha value is -2.32. The molecule has 0 spiro atoms. The molecular weight excluding hydrogens is 271 g/mol. The molecule has 0 aliphatic rings. The van der Waals surface area contributed by atoms with Gasteiger partial charge in [-0.05, 0) is 6.07 Å². The molecule has 19 heavy (non-hydrogen) atoms. The van der Waals surface area contributed by atoms with Crippen molar-refractivity contribution in [3.63, 3.8) is 0 Å². The fourth-order valence-electron chi connectivity index (χ4n) is 1.17. The first-order valence-electron chi connectivity index (χ1n) is 4.81. The standard InChI is InChI=1S/C10H8F3NO5/c1-18-9(15)5-19-8-3-2-6(14(16)17)4-7(8)10(11,12)13/h2-4H,5H2,1H3. The lowest BCUT2D eigenvalue weighted by molar-refractivity contribution is -0.385. The van der Waals surface area contributed by atoms with Crippen LogP contribution in [0.4, 0.5) is 18.9 Å². The first-order chi connectivity index (χ1) is 8.75. The number of benzene rings is 1. The largest absolute Gasteiger partial charge is 0.481 e. The molecule has 0 fully saturated rings. The van der Waals surface area contributed by atoms with Gasteiger partial charge in [0.2, 0.25) is 0 Å². The van der Waals surface area contributed by atoms with Crippen molar-refractivity contribution in [3.8, 4) is 5.75 Å². The molecule has 0 heterocycles. The third-order valence-electron chi connectivity index (χ3n) is 2.05. The summed E-state index contributed by atoms with van der Waals surface area (Å²) in [6.07, 6.45) is -4.84. The molecule has 9 heteroatoms. The lowest BCUT2D eigenvalue weighted by atomic mass is 10.1. The average molecular weight is 279 g/mol. The number of alkyl halides is 3. The highest BCUT2D eigenvalue weighted by atomic mass is 19.4. The van der Waals surface area contributed by atoms with E-state index in [0.29, 0.717) is 6.07 Å². The second-order valence-electron chi connectivity index (χ2n) is 3.30. The Balaban J connectivity index is 3.10. The van der Waals surface area contributed by atoms with Gasteiger partial charge in [0.1, 0.15) is 11.3 Å². The minimum absolute atomic E-state index is 0.340. The van der Waals surface area contributed by atoms with E-state index in [4.69, 9.17) is 0 Å². The molecule has 1 aromatic carbocycles. The Morgan fingerprint density at radius 2 is 2.05 bits per heavy atom. The summed E-state index contributed by atoms with van der Waals surface area (Å²) in [6.45, 7) is -0.725. The lowest BCUT2D eigenvalue weighted by Crippen LogP contribution is -2.15. The SMILES string of the molecule is COC(=O)COc1ccc([N+](=O)[O-])cc1C(F)(F)F. The minimum atomic E-state index is -4.84. The number of nitro benzene ring substituents is 1. The maximum Gasteiger partial charge on any atom is 0.420 e. The third kappa shape index (κ3) is 3.83. The van der Waals surface area contributed by atoms with Crippen molar-refractivity contribution in [2.24, 2.45) is 0 Å². The topological polar surface area (TPSA) is 78.7 Å². The van der Waals surface area contributed by atoms with Gasteiger partial charge in [0, 0.05) is 12.1 Å². The maximum absolute atomic E-state index is 12.7. The van der Waals surface area contributed by atoms with E-state index in [1.54, 1.807) is 0 Å². The van der Waals surface area contributed by atoms with E-state index in [1.807, 2.05) is 0 Å². The number of hydrogen-bond acceptors (Lipinski definition) is 5. The van der Waals surface area contributed by atoms with Crippen molar-refractivity contribution in [3.05, 3.63) is 33.9 Å². The van der Waals surface area contributed by atoms with Crippen LogP contribution in [0.3, 0.4) is 0 Å². The first-order valence-corrected chi connectivity index (χ1v) is 4.81. The van der Waals surface area contributed by atoms with Crippen LogP contribution in [-0.2, 0) is 15.7 Å². The van der Waals surface area contributed by atoms with Crippen molar-refractivity contribution in [2.75, 3.05) is 13.7 Å². The van der Waals surface area contributed by atoms with Crippen molar-refractivity contribution in [1.29, 1.82) is 0 Å².